The molecule has 34 heavy (non-hydrogen) atoms. The van der Waals surface area contributed by atoms with Crippen LogP contribution in [0.1, 0.15) is 28.9 Å². The minimum atomic E-state index is -3.64. The van der Waals surface area contributed by atoms with Crippen molar-refractivity contribution in [1.82, 2.24) is 4.31 Å². The van der Waals surface area contributed by atoms with Gasteiger partial charge in [0.15, 0.2) is 0 Å². The molecular formula is C25H26N2O6S. The fourth-order valence-electron chi connectivity index (χ4n) is 3.10. The third-order valence-electron chi connectivity index (χ3n) is 4.88. The lowest BCUT2D eigenvalue weighted by atomic mass is 10.1. The second kappa shape index (κ2) is 11.0. The Morgan fingerprint density at radius 3 is 2.15 bits per heavy atom. The zero-order valence-electron chi connectivity index (χ0n) is 19.1. The molecule has 8 nitrogen and oxygen atoms in total. The highest BCUT2D eigenvalue weighted by Crippen LogP contribution is 2.27. The molecule has 0 aromatic heterocycles. The maximum atomic E-state index is 13.2. The molecule has 0 radical (unpaired) electrons. The molecule has 0 aliphatic heterocycles. The van der Waals surface area contributed by atoms with E-state index in [0.29, 0.717) is 23.6 Å². The van der Waals surface area contributed by atoms with Gasteiger partial charge in [0, 0.05) is 19.7 Å². The topological polar surface area (TPSA) is 102 Å². The van der Waals surface area contributed by atoms with Crippen molar-refractivity contribution in [3.63, 3.8) is 0 Å². The molecule has 3 aromatic carbocycles. The summed E-state index contributed by atoms with van der Waals surface area (Å²) in [5.74, 6) is -0.830. The maximum absolute atomic E-state index is 13.2. The van der Waals surface area contributed by atoms with E-state index in [9.17, 15) is 18.0 Å². The summed E-state index contributed by atoms with van der Waals surface area (Å²) in [6.45, 7) is 2.26. The van der Waals surface area contributed by atoms with Crippen LogP contribution in [0.25, 0.3) is 0 Å². The quantitative estimate of drug-likeness (QED) is 0.465. The molecule has 1 amide bonds. The van der Waals surface area contributed by atoms with E-state index in [0.717, 1.165) is 4.31 Å². The molecule has 1 atom stereocenters. The maximum Gasteiger partial charge on any atom is 0.339 e. The van der Waals surface area contributed by atoms with Crippen molar-refractivity contribution < 1.29 is 27.5 Å². The molecule has 0 bridgehead atoms. The number of esters is 1. The molecule has 1 unspecified atom stereocenters. The first-order valence-electron chi connectivity index (χ1n) is 10.5. The number of amides is 1. The molecule has 9 heteroatoms. The average molecular weight is 483 g/mol. The molecule has 3 rings (SSSR count). The third-order valence-corrected chi connectivity index (χ3v) is 6.71. The standard InChI is InChI=1S/C25H26N2O6S/c1-4-32-22-13-9-8-12-21(22)26-24(28)23(18-10-6-5-7-11-18)33-25(29)19-14-16-20(17-15-19)34(30,31)27(2)3/h5-17,23H,4H2,1-3H3,(H,26,28). The van der Waals surface area contributed by atoms with Crippen LogP contribution in [0.4, 0.5) is 5.69 Å². The Bertz CT molecular complexity index is 1240. The van der Waals surface area contributed by atoms with Crippen molar-refractivity contribution in [3.8, 4) is 5.75 Å². The van der Waals surface area contributed by atoms with Gasteiger partial charge in [-0.15, -0.1) is 0 Å². The second-order valence-corrected chi connectivity index (χ2v) is 9.58. The molecule has 3 aromatic rings. The minimum absolute atomic E-state index is 0.0407. The van der Waals surface area contributed by atoms with Gasteiger partial charge in [-0.05, 0) is 43.3 Å². The van der Waals surface area contributed by atoms with E-state index in [1.165, 1.54) is 38.4 Å². The van der Waals surface area contributed by atoms with Gasteiger partial charge in [-0.3, -0.25) is 4.79 Å². The zero-order chi connectivity index (χ0) is 24.7. The minimum Gasteiger partial charge on any atom is -0.492 e. The molecule has 0 aliphatic carbocycles. The summed E-state index contributed by atoms with van der Waals surface area (Å²) in [5.41, 5.74) is 1.04. The number of rotatable bonds is 9. The van der Waals surface area contributed by atoms with Crippen LogP contribution >= 0.6 is 0 Å². The van der Waals surface area contributed by atoms with E-state index >= 15 is 0 Å². The Balaban J connectivity index is 1.85. The van der Waals surface area contributed by atoms with Crippen LogP contribution in [-0.4, -0.2) is 45.3 Å². The highest BCUT2D eigenvalue weighted by atomic mass is 32.2. The molecule has 0 spiro atoms. The molecule has 0 saturated carbocycles. The molecular weight excluding hydrogens is 456 g/mol. The average Bonchev–Trinajstić information content (AvgIpc) is 2.84. The smallest absolute Gasteiger partial charge is 0.339 e. The Kier molecular flexibility index (Phi) is 8.04. The fourth-order valence-corrected chi connectivity index (χ4v) is 4.00. The van der Waals surface area contributed by atoms with Gasteiger partial charge in [-0.25, -0.2) is 17.5 Å². The number of hydrogen-bond acceptors (Lipinski definition) is 6. The summed E-state index contributed by atoms with van der Waals surface area (Å²) in [5, 5.41) is 2.77. The highest BCUT2D eigenvalue weighted by molar-refractivity contribution is 7.89. The number of carbonyl (C=O) groups is 2. The second-order valence-electron chi connectivity index (χ2n) is 7.43. The molecule has 178 valence electrons. The summed E-state index contributed by atoms with van der Waals surface area (Å²) in [6.07, 6.45) is -1.24. The number of nitrogens with zero attached hydrogens (tertiary/aromatic N) is 1. The summed E-state index contributed by atoms with van der Waals surface area (Å²) in [7, 11) is -0.795. The van der Waals surface area contributed by atoms with Crippen molar-refractivity contribution in [3.05, 3.63) is 90.0 Å². The van der Waals surface area contributed by atoms with Crippen molar-refractivity contribution in [2.45, 2.75) is 17.9 Å². The van der Waals surface area contributed by atoms with Crippen LogP contribution in [0.15, 0.2) is 83.8 Å². The normalized spacial score (nSPS) is 12.1. The number of sulfonamides is 1. The summed E-state index contributed by atoms with van der Waals surface area (Å²) < 4.78 is 36.7. The van der Waals surface area contributed by atoms with Crippen LogP contribution in [0.5, 0.6) is 5.75 Å². The number of hydrogen-bond donors (Lipinski definition) is 1. The van der Waals surface area contributed by atoms with Crippen molar-refractivity contribution in [2.24, 2.45) is 0 Å². The van der Waals surface area contributed by atoms with Gasteiger partial charge >= 0.3 is 5.97 Å². The van der Waals surface area contributed by atoms with E-state index in [4.69, 9.17) is 9.47 Å². The SMILES string of the molecule is CCOc1ccccc1NC(=O)C(OC(=O)c1ccc(S(=O)(=O)N(C)C)cc1)c1ccccc1. The first-order chi connectivity index (χ1) is 16.2. The predicted octanol–water partition coefficient (Wildman–Crippen LogP) is 3.87. The first kappa shape index (κ1) is 24.9. The van der Waals surface area contributed by atoms with E-state index in [2.05, 4.69) is 5.32 Å². The van der Waals surface area contributed by atoms with Crippen LogP contribution in [0.2, 0.25) is 0 Å². The van der Waals surface area contributed by atoms with Crippen molar-refractivity contribution >= 4 is 27.6 Å². The highest BCUT2D eigenvalue weighted by Gasteiger charge is 2.27. The van der Waals surface area contributed by atoms with E-state index in [-0.39, 0.29) is 10.5 Å². The van der Waals surface area contributed by atoms with Gasteiger partial charge in [0.1, 0.15) is 5.75 Å². The van der Waals surface area contributed by atoms with Gasteiger partial charge in [0.25, 0.3) is 5.91 Å². The number of anilines is 1. The Morgan fingerprint density at radius 1 is 0.912 bits per heavy atom. The summed E-state index contributed by atoms with van der Waals surface area (Å²) >= 11 is 0. The lowest BCUT2D eigenvalue weighted by Crippen LogP contribution is -2.26. The number of carbonyl (C=O) groups excluding carboxylic acids is 2. The van der Waals surface area contributed by atoms with Crippen LogP contribution < -0.4 is 10.1 Å². The summed E-state index contributed by atoms with van der Waals surface area (Å²) in [4.78, 5) is 26.1. The van der Waals surface area contributed by atoms with Crippen LogP contribution in [-0.2, 0) is 19.6 Å². The fraction of sp³-hybridized carbons (Fsp3) is 0.200. The lowest BCUT2D eigenvalue weighted by Gasteiger charge is -2.19. The van der Waals surface area contributed by atoms with Gasteiger partial charge in [0.2, 0.25) is 16.1 Å². The molecule has 1 N–H and O–H groups in total. The van der Waals surface area contributed by atoms with Crippen molar-refractivity contribution in [1.29, 1.82) is 0 Å². The molecule has 0 saturated heterocycles. The molecule has 0 heterocycles. The van der Waals surface area contributed by atoms with Gasteiger partial charge in [-0.2, -0.15) is 0 Å². The van der Waals surface area contributed by atoms with Gasteiger partial charge < -0.3 is 14.8 Å². The van der Waals surface area contributed by atoms with E-state index in [1.807, 2.05) is 6.92 Å². The number of ether oxygens (including phenoxy) is 2. The van der Waals surface area contributed by atoms with E-state index in [1.54, 1.807) is 54.6 Å². The molecule has 0 aliphatic rings. The molecule has 0 fully saturated rings. The third kappa shape index (κ3) is 5.81. The largest absolute Gasteiger partial charge is 0.492 e. The number of nitrogens with one attached hydrogen (secondary N) is 1. The Hall–Kier alpha value is -3.69. The lowest BCUT2D eigenvalue weighted by molar-refractivity contribution is -0.125. The zero-order valence-corrected chi connectivity index (χ0v) is 19.9. The summed E-state index contributed by atoms with van der Waals surface area (Å²) in [6, 6.07) is 20.9. The number of para-hydroxylation sites is 2. The Labute approximate surface area is 199 Å². The van der Waals surface area contributed by atoms with Crippen LogP contribution in [0.3, 0.4) is 0 Å². The Morgan fingerprint density at radius 2 is 1.53 bits per heavy atom. The monoisotopic (exact) mass is 482 g/mol. The first-order valence-corrected chi connectivity index (χ1v) is 12.0. The van der Waals surface area contributed by atoms with Crippen molar-refractivity contribution in [2.75, 3.05) is 26.0 Å². The van der Waals surface area contributed by atoms with Crippen LogP contribution in [0, 0.1) is 0 Å². The van der Waals surface area contributed by atoms with Gasteiger partial charge in [0.05, 0.1) is 22.8 Å². The van der Waals surface area contributed by atoms with E-state index < -0.39 is 28.0 Å². The van der Waals surface area contributed by atoms with Gasteiger partial charge in [-0.1, -0.05) is 42.5 Å². The number of benzene rings is 3. The predicted molar refractivity (Wildman–Crippen MR) is 128 cm³/mol.